The fraction of sp³-hybridized carbons (Fsp3) is 1.00. The summed E-state index contributed by atoms with van der Waals surface area (Å²) in [4.78, 5) is 0. The van der Waals surface area contributed by atoms with Gasteiger partial charge in [0.2, 0.25) is 0 Å². The SMILES string of the molecule is CC(C)[C@H]1CC[C@H](C)C[C@H]1OC[C@](C)(O)CO. The van der Waals surface area contributed by atoms with Gasteiger partial charge in [0.15, 0.2) is 0 Å². The molecule has 1 saturated carbocycles. The van der Waals surface area contributed by atoms with Crippen LogP contribution in [0.3, 0.4) is 0 Å². The molecular formula is C14H28O3. The van der Waals surface area contributed by atoms with Crippen molar-refractivity contribution in [3.63, 3.8) is 0 Å². The topological polar surface area (TPSA) is 49.7 Å². The molecule has 0 aliphatic heterocycles. The molecule has 0 aromatic rings. The first kappa shape index (κ1) is 14.9. The van der Waals surface area contributed by atoms with E-state index in [1.807, 2.05) is 0 Å². The monoisotopic (exact) mass is 244 g/mol. The van der Waals surface area contributed by atoms with Crippen molar-refractivity contribution in [2.75, 3.05) is 13.2 Å². The van der Waals surface area contributed by atoms with Gasteiger partial charge in [-0.05, 0) is 37.5 Å². The Bertz CT molecular complexity index is 226. The second-order valence-electron chi connectivity index (χ2n) is 6.33. The third kappa shape index (κ3) is 4.57. The Labute approximate surface area is 105 Å². The second-order valence-corrected chi connectivity index (χ2v) is 6.33. The number of hydrogen-bond acceptors (Lipinski definition) is 3. The number of aliphatic hydroxyl groups is 2. The zero-order valence-electron chi connectivity index (χ0n) is 11.6. The lowest BCUT2D eigenvalue weighted by molar-refractivity contribution is -0.116. The van der Waals surface area contributed by atoms with E-state index in [0.29, 0.717) is 17.8 Å². The summed E-state index contributed by atoms with van der Waals surface area (Å²) < 4.78 is 5.87. The van der Waals surface area contributed by atoms with Crippen LogP contribution in [0.5, 0.6) is 0 Å². The van der Waals surface area contributed by atoms with Gasteiger partial charge in [-0.3, -0.25) is 0 Å². The Kier molecular flexibility index (Phi) is 5.42. The molecule has 0 aromatic carbocycles. The summed E-state index contributed by atoms with van der Waals surface area (Å²) in [5.41, 5.74) is -1.11. The molecule has 0 saturated heterocycles. The molecule has 0 radical (unpaired) electrons. The standard InChI is InChI=1S/C14H28O3/c1-10(2)12-6-5-11(3)7-13(12)17-9-14(4,16)8-15/h10-13,15-16H,5-9H2,1-4H3/t11-,12+,13+,14+/m0/s1. The van der Waals surface area contributed by atoms with Gasteiger partial charge in [0.1, 0.15) is 5.60 Å². The Morgan fingerprint density at radius 3 is 2.53 bits per heavy atom. The molecule has 3 nitrogen and oxygen atoms in total. The van der Waals surface area contributed by atoms with Gasteiger partial charge in [-0.1, -0.05) is 27.2 Å². The summed E-state index contributed by atoms with van der Waals surface area (Å²) in [5, 5.41) is 18.8. The van der Waals surface area contributed by atoms with E-state index in [1.165, 1.54) is 12.8 Å². The largest absolute Gasteiger partial charge is 0.393 e. The molecule has 1 aliphatic carbocycles. The van der Waals surface area contributed by atoms with E-state index in [-0.39, 0.29) is 19.3 Å². The normalized spacial score (nSPS) is 33.7. The molecule has 2 N–H and O–H groups in total. The lowest BCUT2D eigenvalue weighted by atomic mass is 9.75. The van der Waals surface area contributed by atoms with E-state index in [2.05, 4.69) is 20.8 Å². The third-order valence-corrected chi connectivity index (χ3v) is 3.91. The number of rotatable bonds is 5. The van der Waals surface area contributed by atoms with E-state index in [1.54, 1.807) is 6.92 Å². The molecule has 0 amide bonds. The molecule has 0 spiro atoms. The van der Waals surface area contributed by atoms with Crippen LogP contribution < -0.4 is 0 Å². The van der Waals surface area contributed by atoms with Crippen LogP contribution in [0, 0.1) is 17.8 Å². The molecule has 0 aromatic heterocycles. The van der Waals surface area contributed by atoms with Crippen molar-refractivity contribution in [3.8, 4) is 0 Å². The minimum atomic E-state index is -1.11. The van der Waals surface area contributed by atoms with Gasteiger partial charge in [-0.15, -0.1) is 0 Å². The minimum absolute atomic E-state index is 0.226. The molecular weight excluding hydrogens is 216 g/mol. The van der Waals surface area contributed by atoms with Crippen LogP contribution in [0.2, 0.25) is 0 Å². The number of aliphatic hydroxyl groups excluding tert-OH is 1. The van der Waals surface area contributed by atoms with E-state index >= 15 is 0 Å². The molecule has 1 rings (SSSR count). The third-order valence-electron chi connectivity index (χ3n) is 3.91. The first-order valence-electron chi connectivity index (χ1n) is 6.80. The van der Waals surface area contributed by atoms with Crippen LogP contribution in [-0.2, 0) is 4.74 Å². The average Bonchev–Trinajstić information content (AvgIpc) is 2.26. The van der Waals surface area contributed by atoms with E-state index in [4.69, 9.17) is 9.84 Å². The zero-order valence-corrected chi connectivity index (χ0v) is 11.6. The van der Waals surface area contributed by atoms with Gasteiger partial charge in [-0.25, -0.2) is 0 Å². The summed E-state index contributed by atoms with van der Waals surface area (Å²) in [7, 11) is 0. The fourth-order valence-corrected chi connectivity index (χ4v) is 2.64. The smallest absolute Gasteiger partial charge is 0.108 e. The summed E-state index contributed by atoms with van der Waals surface area (Å²) in [6, 6.07) is 0. The maximum absolute atomic E-state index is 9.77. The lowest BCUT2D eigenvalue weighted by Gasteiger charge is -2.38. The van der Waals surface area contributed by atoms with Gasteiger partial charge >= 0.3 is 0 Å². The number of ether oxygens (including phenoxy) is 1. The molecule has 17 heavy (non-hydrogen) atoms. The van der Waals surface area contributed by atoms with Crippen LogP contribution in [0.25, 0.3) is 0 Å². The van der Waals surface area contributed by atoms with Crippen molar-refractivity contribution in [1.29, 1.82) is 0 Å². The lowest BCUT2D eigenvalue weighted by Crippen LogP contribution is -2.41. The van der Waals surface area contributed by atoms with Gasteiger partial charge in [0.25, 0.3) is 0 Å². The van der Waals surface area contributed by atoms with E-state index < -0.39 is 5.60 Å². The Balaban J connectivity index is 2.52. The van der Waals surface area contributed by atoms with Gasteiger partial charge < -0.3 is 14.9 Å². The minimum Gasteiger partial charge on any atom is -0.393 e. The summed E-state index contributed by atoms with van der Waals surface area (Å²) >= 11 is 0. The van der Waals surface area contributed by atoms with Crippen LogP contribution in [0.1, 0.15) is 47.0 Å². The van der Waals surface area contributed by atoms with Gasteiger partial charge in [0, 0.05) is 0 Å². The molecule has 4 atom stereocenters. The van der Waals surface area contributed by atoms with Crippen molar-refractivity contribution in [1.82, 2.24) is 0 Å². The Morgan fingerprint density at radius 1 is 1.35 bits per heavy atom. The summed E-state index contributed by atoms with van der Waals surface area (Å²) in [6.45, 7) is 8.33. The van der Waals surface area contributed by atoms with Crippen LogP contribution >= 0.6 is 0 Å². The van der Waals surface area contributed by atoms with Crippen molar-refractivity contribution < 1.29 is 14.9 Å². The van der Waals surface area contributed by atoms with Crippen LogP contribution in [0.4, 0.5) is 0 Å². The molecule has 1 fully saturated rings. The zero-order chi connectivity index (χ0) is 13.1. The Morgan fingerprint density at radius 2 is 2.00 bits per heavy atom. The van der Waals surface area contributed by atoms with Gasteiger partial charge in [-0.2, -0.15) is 0 Å². The molecule has 0 heterocycles. The molecule has 0 bridgehead atoms. The summed E-state index contributed by atoms with van der Waals surface area (Å²) in [6.07, 6.45) is 3.80. The maximum Gasteiger partial charge on any atom is 0.108 e. The van der Waals surface area contributed by atoms with Crippen molar-refractivity contribution in [2.45, 2.75) is 58.7 Å². The molecule has 1 aliphatic rings. The van der Waals surface area contributed by atoms with Crippen molar-refractivity contribution in [3.05, 3.63) is 0 Å². The average molecular weight is 244 g/mol. The highest BCUT2D eigenvalue weighted by Gasteiger charge is 2.33. The predicted octanol–water partition coefficient (Wildman–Crippen LogP) is 2.21. The Hall–Kier alpha value is -0.120. The van der Waals surface area contributed by atoms with Gasteiger partial charge in [0.05, 0.1) is 19.3 Å². The quantitative estimate of drug-likeness (QED) is 0.779. The predicted molar refractivity (Wildman–Crippen MR) is 68.8 cm³/mol. The highest BCUT2D eigenvalue weighted by atomic mass is 16.5. The molecule has 3 heteroatoms. The van der Waals surface area contributed by atoms with Crippen LogP contribution in [-0.4, -0.2) is 35.1 Å². The summed E-state index contributed by atoms with van der Waals surface area (Å²) in [5.74, 6) is 1.90. The molecule has 102 valence electrons. The second kappa shape index (κ2) is 6.17. The number of hydrogen-bond donors (Lipinski definition) is 2. The molecule has 0 unspecified atom stereocenters. The highest BCUT2D eigenvalue weighted by Crippen LogP contribution is 2.35. The maximum atomic E-state index is 9.77. The van der Waals surface area contributed by atoms with E-state index in [0.717, 1.165) is 6.42 Å². The van der Waals surface area contributed by atoms with Crippen LogP contribution in [0.15, 0.2) is 0 Å². The van der Waals surface area contributed by atoms with Crippen molar-refractivity contribution in [2.24, 2.45) is 17.8 Å². The first-order valence-corrected chi connectivity index (χ1v) is 6.80. The van der Waals surface area contributed by atoms with E-state index in [9.17, 15) is 5.11 Å². The fourth-order valence-electron chi connectivity index (χ4n) is 2.64. The van der Waals surface area contributed by atoms with Crippen molar-refractivity contribution >= 4 is 0 Å². The first-order chi connectivity index (χ1) is 7.85. The highest BCUT2D eigenvalue weighted by molar-refractivity contribution is 4.82.